The molecule has 13 heavy (non-hydrogen) atoms. The number of nitrogens with zero attached hydrogens (tertiary/aromatic N) is 2. The Balaban J connectivity index is 2.69. The van der Waals surface area contributed by atoms with Gasteiger partial charge in [0.05, 0.1) is 17.2 Å². The van der Waals surface area contributed by atoms with E-state index in [9.17, 15) is 0 Å². The van der Waals surface area contributed by atoms with Crippen LogP contribution < -0.4 is 0 Å². The van der Waals surface area contributed by atoms with Gasteiger partial charge in [0.1, 0.15) is 11.5 Å². The maximum absolute atomic E-state index is 9.09. The van der Waals surface area contributed by atoms with E-state index >= 15 is 0 Å². The zero-order valence-corrected chi connectivity index (χ0v) is 6.94. The van der Waals surface area contributed by atoms with Crippen LogP contribution in [0.1, 0.15) is 5.69 Å². The number of fused-ring (bicyclic) bond motifs is 1. The monoisotopic (exact) mass is 172 g/mol. The van der Waals surface area contributed by atoms with Crippen LogP contribution >= 0.6 is 0 Å². The molecule has 0 radical (unpaired) electrons. The first-order valence-corrected chi connectivity index (χ1v) is 3.87. The van der Waals surface area contributed by atoms with Gasteiger partial charge in [-0.15, -0.1) is 0 Å². The number of aromatic nitrogens is 2. The minimum atomic E-state index is -0.0572. The second kappa shape index (κ2) is 2.86. The highest BCUT2D eigenvalue weighted by Crippen LogP contribution is 2.11. The fraction of sp³-hybridized carbons (Fsp3) is 0. The lowest BCUT2D eigenvalue weighted by atomic mass is 10.3. The Kier molecular flexibility index (Phi) is 1.70. The molecule has 1 aromatic heterocycles. The summed E-state index contributed by atoms with van der Waals surface area (Å²) in [6, 6.07) is 7.48. The molecule has 1 N–H and O–H groups in total. The molecule has 0 spiro atoms. The average Bonchev–Trinajstić information content (AvgIpc) is 2.17. The largest absolute Gasteiger partial charge is 0.506 e. The molecule has 0 saturated carbocycles. The van der Waals surface area contributed by atoms with Crippen molar-refractivity contribution in [3.63, 3.8) is 0 Å². The Morgan fingerprint density at radius 3 is 2.62 bits per heavy atom. The van der Waals surface area contributed by atoms with Crippen molar-refractivity contribution in [2.45, 2.75) is 0 Å². The van der Waals surface area contributed by atoms with Crippen LogP contribution in [0.25, 0.3) is 16.8 Å². The molecule has 64 valence electrons. The smallest absolute Gasteiger partial charge is 0.135 e. The first-order valence-electron chi connectivity index (χ1n) is 3.87. The molecule has 2 aromatic rings. The van der Waals surface area contributed by atoms with Crippen molar-refractivity contribution in [3.8, 4) is 0 Å². The quantitative estimate of drug-likeness (QED) is 0.670. The number of benzene rings is 1. The van der Waals surface area contributed by atoms with E-state index < -0.39 is 0 Å². The summed E-state index contributed by atoms with van der Waals surface area (Å²) < 4.78 is 0. The molecule has 0 aliphatic carbocycles. The van der Waals surface area contributed by atoms with Crippen LogP contribution in [0.4, 0.5) is 0 Å². The van der Waals surface area contributed by atoms with Crippen molar-refractivity contribution in [1.82, 2.24) is 9.97 Å². The first kappa shape index (κ1) is 7.73. The molecular weight excluding hydrogens is 164 g/mol. The third kappa shape index (κ3) is 1.36. The summed E-state index contributed by atoms with van der Waals surface area (Å²) in [5, 5.41) is 9.09. The Hall–Kier alpha value is -1.90. The highest BCUT2D eigenvalue weighted by atomic mass is 16.3. The van der Waals surface area contributed by atoms with Gasteiger partial charge >= 0.3 is 0 Å². The van der Waals surface area contributed by atoms with Gasteiger partial charge in [0.25, 0.3) is 0 Å². The van der Waals surface area contributed by atoms with Crippen molar-refractivity contribution in [2.24, 2.45) is 0 Å². The molecule has 3 nitrogen and oxygen atoms in total. The fourth-order valence-corrected chi connectivity index (χ4v) is 1.10. The van der Waals surface area contributed by atoms with E-state index in [1.807, 2.05) is 24.3 Å². The fourth-order valence-electron chi connectivity index (χ4n) is 1.10. The molecule has 0 unspecified atom stereocenters. The Morgan fingerprint density at radius 2 is 1.92 bits per heavy atom. The molecule has 1 aromatic carbocycles. The average molecular weight is 172 g/mol. The van der Waals surface area contributed by atoms with Gasteiger partial charge < -0.3 is 5.11 Å². The SMILES string of the molecule is C=C(O)c1cnc2ccccc2n1. The van der Waals surface area contributed by atoms with Crippen LogP contribution in [-0.4, -0.2) is 15.1 Å². The predicted octanol–water partition coefficient (Wildman–Crippen LogP) is 2.16. The van der Waals surface area contributed by atoms with E-state index in [1.54, 1.807) is 0 Å². The van der Waals surface area contributed by atoms with Crippen molar-refractivity contribution in [3.05, 3.63) is 42.7 Å². The standard InChI is InChI=1S/C10H8N2O/c1-7(13)10-6-11-8-4-2-3-5-9(8)12-10/h2-6,13H,1H2. The highest BCUT2D eigenvalue weighted by Gasteiger charge is 2.00. The molecular formula is C10H8N2O. The Bertz CT molecular complexity index is 465. The summed E-state index contributed by atoms with van der Waals surface area (Å²) in [5.74, 6) is -0.0572. The lowest BCUT2D eigenvalue weighted by molar-refractivity contribution is 0.510. The van der Waals surface area contributed by atoms with Gasteiger partial charge in [0.15, 0.2) is 0 Å². The minimum absolute atomic E-state index is 0.0572. The topological polar surface area (TPSA) is 46.0 Å². The van der Waals surface area contributed by atoms with Gasteiger partial charge in [0.2, 0.25) is 0 Å². The predicted molar refractivity (Wildman–Crippen MR) is 51.2 cm³/mol. The van der Waals surface area contributed by atoms with Gasteiger partial charge in [-0.25, -0.2) is 4.98 Å². The molecule has 0 aliphatic rings. The van der Waals surface area contributed by atoms with Crippen LogP contribution in [0, 0.1) is 0 Å². The van der Waals surface area contributed by atoms with Crippen LogP contribution in [0.2, 0.25) is 0 Å². The van der Waals surface area contributed by atoms with Crippen LogP contribution in [0.15, 0.2) is 37.0 Å². The van der Waals surface area contributed by atoms with Crippen molar-refractivity contribution >= 4 is 16.8 Å². The number of hydrogen-bond donors (Lipinski definition) is 1. The van der Waals surface area contributed by atoms with E-state index in [-0.39, 0.29) is 5.76 Å². The van der Waals surface area contributed by atoms with E-state index in [2.05, 4.69) is 16.5 Å². The maximum atomic E-state index is 9.09. The lowest BCUT2D eigenvalue weighted by Gasteiger charge is -1.99. The maximum Gasteiger partial charge on any atom is 0.135 e. The van der Waals surface area contributed by atoms with Gasteiger partial charge in [-0.1, -0.05) is 18.7 Å². The zero-order valence-electron chi connectivity index (χ0n) is 6.94. The first-order chi connectivity index (χ1) is 6.27. The van der Waals surface area contributed by atoms with Gasteiger partial charge in [0, 0.05) is 0 Å². The number of rotatable bonds is 1. The van der Waals surface area contributed by atoms with Crippen LogP contribution in [-0.2, 0) is 0 Å². The third-order valence-corrected chi connectivity index (χ3v) is 1.74. The molecule has 0 bridgehead atoms. The van der Waals surface area contributed by atoms with E-state index in [0.717, 1.165) is 11.0 Å². The summed E-state index contributed by atoms with van der Waals surface area (Å²) in [6.07, 6.45) is 1.50. The van der Waals surface area contributed by atoms with Crippen molar-refractivity contribution in [2.75, 3.05) is 0 Å². The summed E-state index contributed by atoms with van der Waals surface area (Å²) in [4.78, 5) is 8.28. The second-order valence-electron chi connectivity index (χ2n) is 2.69. The Labute approximate surface area is 75.4 Å². The molecule has 2 rings (SSSR count). The summed E-state index contributed by atoms with van der Waals surface area (Å²) in [5.41, 5.74) is 1.99. The molecule has 3 heteroatoms. The van der Waals surface area contributed by atoms with Crippen molar-refractivity contribution in [1.29, 1.82) is 0 Å². The third-order valence-electron chi connectivity index (χ3n) is 1.74. The van der Waals surface area contributed by atoms with Crippen molar-refractivity contribution < 1.29 is 5.11 Å². The molecule has 0 saturated heterocycles. The number of para-hydroxylation sites is 2. The number of aliphatic hydroxyl groups excluding tert-OH is 1. The van der Waals surface area contributed by atoms with Gasteiger partial charge in [-0.3, -0.25) is 4.98 Å². The number of hydrogen-bond acceptors (Lipinski definition) is 3. The van der Waals surface area contributed by atoms with E-state index in [1.165, 1.54) is 6.20 Å². The van der Waals surface area contributed by atoms with Crippen LogP contribution in [0.3, 0.4) is 0 Å². The molecule has 0 atom stereocenters. The molecule has 0 fully saturated rings. The second-order valence-corrected chi connectivity index (χ2v) is 2.69. The molecule has 0 aliphatic heterocycles. The number of aliphatic hydroxyl groups is 1. The Morgan fingerprint density at radius 1 is 1.23 bits per heavy atom. The summed E-state index contributed by atoms with van der Waals surface area (Å²) in [6.45, 7) is 3.39. The molecule has 1 heterocycles. The minimum Gasteiger partial charge on any atom is -0.506 e. The normalized spacial score (nSPS) is 10.2. The van der Waals surface area contributed by atoms with Gasteiger partial charge in [-0.05, 0) is 12.1 Å². The summed E-state index contributed by atoms with van der Waals surface area (Å²) >= 11 is 0. The molecule has 0 amide bonds. The highest BCUT2D eigenvalue weighted by molar-refractivity contribution is 5.75. The van der Waals surface area contributed by atoms with E-state index in [4.69, 9.17) is 5.11 Å². The van der Waals surface area contributed by atoms with Crippen LogP contribution in [0.5, 0.6) is 0 Å². The lowest BCUT2D eigenvalue weighted by Crippen LogP contribution is -1.90. The van der Waals surface area contributed by atoms with Gasteiger partial charge in [-0.2, -0.15) is 0 Å². The summed E-state index contributed by atoms with van der Waals surface area (Å²) in [7, 11) is 0. The zero-order chi connectivity index (χ0) is 9.26. The van der Waals surface area contributed by atoms with E-state index in [0.29, 0.717) is 5.69 Å².